The Morgan fingerprint density at radius 1 is 0.912 bits per heavy atom. The SMILES string of the molecule is Cc1cc(C(=O)O)ccc1-c1cc(CC(=O)C2(c3ccc4c(c3)OC(F)(F)O4)CC2)ccc1C.[HH]. The zero-order valence-corrected chi connectivity index (χ0v) is 18.7. The number of ether oxygens (including phenoxy) is 2. The summed E-state index contributed by atoms with van der Waals surface area (Å²) in [5, 5.41) is 9.23. The van der Waals surface area contributed by atoms with E-state index in [4.69, 9.17) is 0 Å². The Morgan fingerprint density at radius 3 is 2.32 bits per heavy atom. The summed E-state index contributed by atoms with van der Waals surface area (Å²) in [7, 11) is 0. The van der Waals surface area contributed by atoms with Gasteiger partial charge in [-0.1, -0.05) is 30.3 Å². The lowest BCUT2D eigenvalue weighted by molar-refractivity contribution is -0.286. The van der Waals surface area contributed by atoms with Crippen molar-refractivity contribution in [3.63, 3.8) is 0 Å². The predicted octanol–water partition coefficient (Wildman–Crippen LogP) is 6.08. The number of hydrogen-bond acceptors (Lipinski definition) is 4. The Hall–Kier alpha value is -3.74. The van der Waals surface area contributed by atoms with E-state index >= 15 is 0 Å². The highest BCUT2D eigenvalue weighted by atomic mass is 19.3. The van der Waals surface area contributed by atoms with Crippen molar-refractivity contribution in [1.82, 2.24) is 0 Å². The summed E-state index contributed by atoms with van der Waals surface area (Å²) >= 11 is 0. The number of fused-ring (bicyclic) bond motifs is 1. The van der Waals surface area contributed by atoms with E-state index in [2.05, 4.69) is 9.47 Å². The van der Waals surface area contributed by atoms with Gasteiger partial charge in [-0.2, -0.15) is 0 Å². The van der Waals surface area contributed by atoms with Gasteiger partial charge in [-0.25, -0.2) is 4.79 Å². The molecule has 0 amide bonds. The number of ketones is 1. The van der Waals surface area contributed by atoms with E-state index in [1.165, 1.54) is 12.1 Å². The Bertz CT molecular complexity index is 1350. The third-order valence-electron chi connectivity index (χ3n) is 6.67. The fraction of sp³-hybridized carbons (Fsp3) is 0.259. The molecule has 3 aromatic carbocycles. The highest BCUT2D eigenvalue weighted by molar-refractivity contribution is 5.95. The number of rotatable bonds is 6. The van der Waals surface area contributed by atoms with Crippen molar-refractivity contribution in [2.45, 2.75) is 44.8 Å². The van der Waals surface area contributed by atoms with E-state index in [-0.39, 0.29) is 30.7 Å². The second-order valence-electron chi connectivity index (χ2n) is 9.00. The smallest absolute Gasteiger partial charge is 0.478 e. The summed E-state index contributed by atoms with van der Waals surface area (Å²) in [5.41, 5.74) is 4.71. The van der Waals surface area contributed by atoms with Crippen LogP contribution in [0.2, 0.25) is 0 Å². The van der Waals surface area contributed by atoms with Crippen molar-refractivity contribution >= 4 is 11.8 Å². The van der Waals surface area contributed by atoms with Crippen LogP contribution >= 0.6 is 0 Å². The Balaban J connectivity index is 0.00000289. The third kappa shape index (κ3) is 3.81. The van der Waals surface area contributed by atoms with E-state index in [1.54, 1.807) is 24.3 Å². The molecule has 0 unspecified atom stereocenters. The van der Waals surface area contributed by atoms with Crippen molar-refractivity contribution < 1.29 is 34.4 Å². The molecule has 0 radical (unpaired) electrons. The van der Waals surface area contributed by atoms with Crippen LogP contribution in [-0.2, 0) is 16.6 Å². The first-order valence-electron chi connectivity index (χ1n) is 11.0. The van der Waals surface area contributed by atoms with Crippen LogP contribution in [0, 0.1) is 13.8 Å². The quantitative estimate of drug-likeness (QED) is 0.477. The Labute approximate surface area is 196 Å². The number of carbonyl (C=O) groups is 2. The number of carboxylic acids is 1. The van der Waals surface area contributed by atoms with Crippen LogP contribution < -0.4 is 9.47 Å². The number of halogens is 2. The molecular weight excluding hydrogens is 442 g/mol. The lowest BCUT2D eigenvalue weighted by Gasteiger charge is -2.16. The summed E-state index contributed by atoms with van der Waals surface area (Å²) in [5.74, 6) is -1.05. The second kappa shape index (κ2) is 7.65. The molecule has 5 nitrogen and oxygen atoms in total. The molecule has 0 aromatic heterocycles. The van der Waals surface area contributed by atoms with Gasteiger partial charge in [-0.3, -0.25) is 4.79 Å². The van der Waals surface area contributed by atoms with Crippen LogP contribution in [0.5, 0.6) is 11.5 Å². The highest BCUT2D eigenvalue weighted by Crippen LogP contribution is 2.52. The summed E-state index contributed by atoms with van der Waals surface area (Å²) in [6.45, 7) is 3.83. The zero-order chi connectivity index (χ0) is 24.3. The Morgan fingerprint density at radius 2 is 1.65 bits per heavy atom. The van der Waals surface area contributed by atoms with Gasteiger partial charge in [-0.15, -0.1) is 8.78 Å². The molecule has 1 saturated carbocycles. The molecule has 3 aromatic rings. The molecule has 1 aliphatic heterocycles. The van der Waals surface area contributed by atoms with Gasteiger partial charge >= 0.3 is 12.3 Å². The van der Waals surface area contributed by atoms with Gasteiger partial charge in [0.2, 0.25) is 0 Å². The molecule has 34 heavy (non-hydrogen) atoms. The standard InChI is InChI=1S/C27H22F2O5.H2/c1-15-3-4-17(12-21(15)20-7-5-18(25(31)32)11-16(20)2)13-24(30)26(9-10-26)19-6-8-22-23(14-19)34-27(28,29)33-22;/h3-8,11-12,14H,9-10,13H2,1-2H3,(H,31,32);1H. The average Bonchev–Trinajstić information content (AvgIpc) is 3.52. The van der Waals surface area contributed by atoms with E-state index in [1.807, 2.05) is 32.0 Å². The number of carboxylic acid groups (broad SMARTS) is 1. The summed E-state index contributed by atoms with van der Waals surface area (Å²) in [6.07, 6.45) is -2.20. The van der Waals surface area contributed by atoms with Gasteiger partial charge in [0, 0.05) is 7.85 Å². The summed E-state index contributed by atoms with van der Waals surface area (Å²) < 4.78 is 35.8. The predicted molar refractivity (Wildman–Crippen MR) is 123 cm³/mol. The molecule has 0 saturated heterocycles. The highest BCUT2D eigenvalue weighted by Gasteiger charge is 2.52. The van der Waals surface area contributed by atoms with Crippen LogP contribution in [0.3, 0.4) is 0 Å². The van der Waals surface area contributed by atoms with E-state index in [0.717, 1.165) is 27.8 Å². The van der Waals surface area contributed by atoms with E-state index in [0.29, 0.717) is 18.4 Å². The zero-order valence-electron chi connectivity index (χ0n) is 18.7. The van der Waals surface area contributed by atoms with Crippen molar-refractivity contribution in [3.05, 3.63) is 82.4 Å². The van der Waals surface area contributed by atoms with E-state index < -0.39 is 17.7 Å². The van der Waals surface area contributed by atoms with Gasteiger partial charge < -0.3 is 14.6 Å². The first kappa shape index (κ1) is 22.1. The van der Waals surface area contributed by atoms with Crippen molar-refractivity contribution in [3.8, 4) is 22.6 Å². The first-order chi connectivity index (χ1) is 16.1. The van der Waals surface area contributed by atoms with Gasteiger partial charge in [-0.05, 0) is 84.3 Å². The number of carbonyl (C=O) groups excluding carboxylic acids is 1. The molecule has 1 aliphatic carbocycles. The monoisotopic (exact) mass is 466 g/mol. The van der Waals surface area contributed by atoms with Gasteiger partial charge in [0.15, 0.2) is 11.5 Å². The maximum absolute atomic E-state index is 13.4. The molecule has 7 heteroatoms. The van der Waals surface area contributed by atoms with Crippen LogP contribution in [0.25, 0.3) is 11.1 Å². The van der Waals surface area contributed by atoms with Crippen LogP contribution in [0.1, 0.15) is 46.9 Å². The van der Waals surface area contributed by atoms with Gasteiger partial charge in [0.05, 0.1) is 11.0 Å². The summed E-state index contributed by atoms with van der Waals surface area (Å²) in [4.78, 5) is 24.6. The topological polar surface area (TPSA) is 72.8 Å². The molecule has 5 rings (SSSR count). The number of aryl methyl sites for hydroxylation is 2. The number of Topliss-reactive ketones (excluding diaryl/α,β-unsaturated/α-hetero) is 1. The van der Waals surface area contributed by atoms with Crippen LogP contribution in [0.4, 0.5) is 8.78 Å². The van der Waals surface area contributed by atoms with Gasteiger partial charge in [0.1, 0.15) is 5.78 Å². The van der Waals surface area contributed by atoms with Gasteiger partial charge in [0.25, 0.3) is 0 Å². The number of hydrogen-bond donors (Lipinski definition) is 1. The minimum absolute atomic E-state index is 0. The average molecular weight is 466 g/mol. The molecule has 176 valence electrons. The summed E-state index contributed by atoms with van der Waals surface area (Å²) in [6, 6.07) is 15.4. The number of benzene rings is 3. The normalized spacial score (nSPS) is 16.8. The molecular formula is C27H24F2O5. The number of aromatic carboxylic acids is 1. The van der Waals surface area contributed by atoms with Crippen molar-refractivity contribution in [2.24, 2.45) is 0 Å². The first-order valence-corrected chi connectivity index (χ1v) is 11.0. The molecule has 1 fully saturated rings. The Kier molecular flexibility index (Phi) is 4.97. The third-order valence-corrected chi connectivity index (χ3v) is 6.67. The maximum atomic E-state index is 13.4. The maximum Gasteiger partial charge on any atom is 0.586 e. The number of alkyl halides is 2. The minimum Gasteiger partial charge on any atom is -0.478 e. The van der Waals surface area contributed by atoms with Crippen molar-refractivity contribution in [2.75, 3.05) is 0 Å². The van der Waals surface area contributed by atoms with Crippen molar-refractivity contribution in [1.29, 1.82) is 0 Å². The molecule has 0 bridgehead atoms. The molecule has 0 spiro atoms. The molecule has 1 heterocycles. The fourth-order valence-electron chi connectivity index (χ4n) is 4.62. The molecule has 1 N–H and O–H groups in total. The lowest BCUT2D eigenvalue weighted by atomic mass is 9.86. The lowest BCUT2D eigenvalue weighted by Crippen LogP contribution is -2.26. The fourth-order valence-corrected chi connectivity index (χ4v) is 4.62. The largest absolute Gasteiger partial charge is 0.586 e. The minimum atomic E-state index is -3.69. The van der Waals surface area contributed by atoms with Crippen LogP contribution in [0.15, 0.2) is 54.6 Å². The molecule has 0 atom stereocenters. The second-order valence-corrected chi connectivity index (χ2v) is 9.00. The van der Waals surface area contributed by atoms with E-state index in [9.17, 15) is 23.5 Å². The molecule has 2 aliphatic rings. The van der Waals surface area contributed by atoms with Crippen LogP contribution in [-0.4, -0.2) is 23.2 Å².